The number of benzene rings is 1. The van der Waals surface area contributed by atoms with Crippen LogP contribution in [0, 0.1) is 0 Å². The molecule has 0 spiro atoms. The maximum atomic E-state index is 12.2. The summed E-state index contributed by atoms with van der Waals surface area (Å²) in [5, 5.41) is 9.97. The van der Waals surface area contributed by atoms with Crippen molar-refractivity contribution in [3.8, 4) is 0 Å². The Morgan fingerprint density at radius 3 is 2.72 bits per heavy atom. The number of rotatable bonds is 5. The molecule has 0 fully saturated rings. The maximum absolute atomic E-state index is 12.2. The molecule has 0 aliphatic rings. The van der Waals surface area contributed by atoms with E-state index in [1.54, 1.807) is 4.90 Å². The lowest BCUT2D eigenvalue weighted by Gasteiger charge is -2.21. The summed E-state index contributed by atoms with van der Waals surface area (Å²) in [6, 6.07) is 9.94. The molecule has 18 heavy (non-hydrogen) atoms. The van der Waals surface area contributed by atoms with E-state index in [0.717, 1.165) is 12.0 Å². The summed E-state index contributed by atoms with van der Waals surface area (Å²) in [5.74, 6) is -0.0885. The number of H-pyrrole nitrogens is 1. The Bertz CT molecular complexity index is 481. The third kappa shape index (κ3) is 2.94. The molecule has 1 aromatic heterocycles. The normalized spacial score (nSPS) is 10.3. The number of hydrogen-bond acceptors (Lipinski definition) is 3. The zero-order valence-electron chi connectivity index (χ0n) is 10.3. The van der Waals surface area contributed by atoms with Gasteiger partial charge in [-0.05, 0) is 12.0 Å². The minimum atomic E-state index is -0.0885. The molecule has 0 atom stereocenters. The van der Waals surface area contributed by atoms with Crippen molar-refractivity contribution in [2.24, 2.45) is 0 Å². The molecule has 5 heteroatoms. The number of nitrogens with one attached hydrogen (secondary N) is 1. The predicted octanol–water partition coefficient (Wildman–Crippen LogP) is 1.86. The van der Waals surface area contributed by atoms with E-state index in [2.05, 4.69) is 15.4 Å². The summed E-state index contributed by atoms with van der Waals surface area (Å²) in [5.41, 5.74) is 1.47. The molecule has 0 bridgehead atoms. The van der Waals surface area contributed by atoms with Gasteiger partial charge < -0.3 is 4.90 Å². The summed E-state index contributed by atoms with van der Waals surface area (Å²) < 4.78 is 0. The zero-order valence-corrected chi connectivity index (χ0v) is 10.3. The smallest absolute Gasteiger partial charge is 0.276 e. The Hall–Kier alpha value is -2.17. The molecule has 0 saturated heterocycles. The monoisotopic (exact) mass is 244 g/mol. The second-order valence-corrected chi connectivity index (χ2v) is 4.07. The molecule has 0 saturated carbocycles. The Kier molecular flexibility index (Phi) is 4.06. The van der Waals surface area contributed by atoms with Crippen molar-refractivity contribution >= 4 is 5.91 Å². The first-order valence-corrected chi connectivity index (χ1v) is 6.00. The second kappa shape index (κ2) is 5.95. The molecule has 0 unspecified atom stereocenters. The van der Waals surface area contributed by atoms with Crippen molar-refractivity contribution in [1.82, 2.24) is 20.3 Å². The van der Waals surface area contributed by atoms with Crippen LogP contribution >= 0.6 is 0 Å². The summed E-state index contributed by atoms with van der Waals surface area (Å²) in [7, 11) is 0. The first-order valence-electron chi connectivity index (χ1n) is 6.00. The average molecular weight is 244 g/mol. The standard InChI is InChI=1S/C13H16N4O/c1-2-8-17(10-11-6-4-3-5-7-11)13(18)12-9-14-16-15-12/h3-7,9H,2,8,10H2,1H3,(H,14,15,16). The van der Waals surface area contributed by atoms with Crippen LogP contribution in [-0.4, -0.2) is 32.8 Å². The summed E-state index contributed by atoms with van der Waals surface area (Å²) in [6.45, 7) is 3.36. The van der Waals surface area contributed by atoms with Crippen molar-refractivity contribution in [2.45, 2.75) is 19.9 Å². The largest absolute Gasteiger partial charge is 0.333 e. The fraction of sp³-hybridized carbons (Fsp3) is 0.308. The minimum absolute atomic E-state index is 0.0885. The number of hydrogen-bond donors (Lipinski definition) is 1. The van der Waals surface area contributed by atoms with Gasteiger partial charge in [-0.3, -0.25) is 4.79 Å². The highest BCUT2D eigenvalue weighted by molar-refractivity contribution is 5.91. The zero-order chi connectivity index (χ0) is 12.8. The summed E-state index contributed by atoms with van der Waals surface area (Å²) in [4.78, 5) is 14.0. The van der Waals surface area contributed by atoms with E-state index in [1.165, 1.54) is 6.20 Å². The van der Waals surface area contributed by atoms with Crippen LogP contribution in [0.4, 0.5) is 0 Å². The van der Waals surface area contributed by atoms with E-state index in [0.29, 0.717) is 18.8 Å². The van der Waals surface area contributed by atoms with Crippen molar-refractivity contribution in [1.29, 1.82) is 0 Å². The highest BCUT2D eigenvalue weighted by Gasteiger charge is 2.17. The second-order valence-electron chi connectivity index (χ2n) is 4.07. The molecular weight excluding hydrogens is 228 g/mol. The van der Waals surface area contributed by atoms with Crippen LogP contribution < -0.4 is 0 Å². The van der Waals surface area contributed by atoms with Crippen LogP contribution in [0.2, 0.25) is 0 Å². The minimum Gasteiger partial charge on any atom is -0.333 e. The molecule has 1 N–H and O–H groups in total. The topological polar surface area (TPSA) is 61.9 Å². The van der Waals surface area contributed by atoms with E-state index >= 15 is 0 Å². The van der Waals surface area contributed by atoms with Gasteiger partial charge in [-0.2, -0.15) is 15.4 Å². The lowest BCUT2D eigenvalue weighted by molar-refractivity contribution is 0.0737. The molecule has 1 amide bonds. The molecule has 1 aromatic carbocycles. The van der Waals surface area contributed by atoms with Gasteiger partial charge in [0.05, 0.1) is 6.20 Å². The van der Waals surface area contributed by atoms with Crippen LogP contribution in [0.3, 0.4) is 0 Å². The molecule has 0 aliphatic heterocycles. The van der Waals surface area contributed by atoms with Crippen LogP contribution in [-0.2, 0) is 6.54 Å². The predicted molar refractivity (Wildman–Crippen MR) is 67.9 cm³/mol. The van der Waals surface area contributed by atoms with Crippen LogP contribution in [0.25, 0.3) is 0 Å². The number of amides is 1. The van der Waals surface area contributed by atoms with E-state index in [4.69, 9.17) is 0 Å². The number of nitrogens with zero attached hydrogens (tertiary/aromatic N) is 3. The Morgan fingerprint density at radius 2 is 2.11 bits per heavy atom. The van der Waals surface area contributed by atoms with Crippen LogP contribution in [0.5, 0.6) is 0 Å². The number of carbonyl (C=O) groups is 1. The van der Waals surface area contributed by atoms with Crippen molar-refractivity contribution in [2.75, 3.05) is 6.54 Å². The van der Waals surface area contributed by atoms with Gasteiger partial charge in [0.15, 0.2) is 5.69 Å². The van der Waals surface area contributed by atoms with E-state index in [9.17, 15) is 4.79 Å². The van der Waals surface area contributed by atoms with Gasteiger partial charge in [0.2, 0.25) is 0 Å². The van der Waals surface area contributed by atoms with Gasteiger partial charge in [0, 0.05) is 13.1 Å². The average Bonchev–Trinajstić information content (AvgIpc) is 2.92. The van der Waals surface area contributed by atoms with E-state index in [-0.39, 0.29) is 5.91 Å². The van der Waals surface area contributed by atoms with Gasteiger partial charge in [0.25, 0.3) is 5.91 Å². The SMILES string of the molecule is CCCN(Cc1ccccc1)C(=O)c1cn[nH]n1. The van der Waals surface area contributed by atoms with Crippen molar-refractivity contribution < 1.29 is 4.79 Å². The number of carbonyl (C=O) groups excluding carboxylic acids is 1. The van der Waals surface area contributed by atoms with Gasteiger partial charge >= 0.3 is 0 Å². The van der Waals surface area contributed by atoms with E-state index in [1.807, 2.05) is 37.3 Å². The Labute approximate surface area is 106 Å². The maximum Gasteiger partial charge on any atom is 0.276 e. The summed E-state index contributed by atoms with van der Waals surface area (Å²) >= 11 is 0. The number of aromatic nitrogens is 3. The lowest BCUT2D eigenvalue weighted by atomic mass is 10.2. The third-order valence-corrected chi connectivity index (χ3v) is 2.63. The molecular formula is C13H16N4O. The molecule has 94 valence electrons. The van der Waals surface area contributed by atoms with Gasteiger partial charge in [-0.25, -0.2) is 0 Å². The van der Waals surface area contributed by atoms with E-state index < -0.39 is 0 Å². The quantitative estimate of drug-likeness (QED) is 0.873. The lowest BCUT2D eigenvalue weighted by Crippen LogP contribution is -2.31. The fourth-order valence-electron chi connectivity index (χ4n) is 1.79. The highest BCUT2D eigenvalue weighted by Crippen LogP contribution is 2.08. The van der Waals surface area contributed by atoms with Crippen LogP contribution in [0.15, 0.2) is 36.5 Å². The molecule has 2 aromatic rings. The fourth-order valence-corrected chi connectivity index (χ4v) is 1.79. The first kappa shape index (κ1) is 12.3. The van der Waals surface area contributed by atoms with Crippen molar-refractivity contribution in [3.05, 3.63) is 47.8 Å². The first-order chi connectivity index (χ1) is 8.81. The van der Waals surface area contributed by atoms with Crippen molar-refractivity contribution in [3.63, 3.8) is 0 Å². The van der Waals surface area contributed by atoms with Gasteiger partial charge in [0.1, 0.15) is 0 Å². The molecule has 0 aliphatic carbocycles. The van der Waals surface area contributed by atoms with Gasteiger partial charge in [-0.1, -0.05) is 37.3 Å². The molecule has 5 nitrogen and oxygen atoms in total. The highest BCUT2D eigenvalue weighted by atomic mass is 16.2. The molecule has 0 radical (unpaired) electrons. The molecule has 1 heterocycles. The third-order valence-electron chi connectivity index (χ3n) is 2.63. The summed E-state index contributed by atoms with van der Waals surface area (Å²) in [6.07, 6.45) is 2.37. The Balaban J connectivity index is 2.11. The van der Waals surface area contributed by atoms with Crippen LogP contribution in [0.1, 0.15) is 29.4 Å². The van der Waals surface area contributed by atoms with Gasteiger partial charge in [-0.15, -0.1) is 0 Å². The molecule has 2 rings (SSSR count). The Morgan fingerprint density at radius 1 is 1.33 bits per heavy atom. The number of aromatic amines is 1.